The van der Waals surface area contributed by atoms with Gasteiger partial charge in [-0.05, 0) is 26.3 Å². The molecule has 1 aliphatic heterocycles. The van der Waals surface area contributed by atoms with Crippen LogP contribution < -0.4 is 0 Å². The van der Waals surface area contributed by atoms with E-state index in [9.17, 15) is 4.79 Å². The number of carboxylic acid groups (broad SMARTS) is 1. The molecule has 1 aromatic rings. The first kappa shape index (κ1) is 11.1. The Morgan fingerprint density at radius 2 is 2.56 bits per heavy atom. The summed E-state index contributed by atoms with van der Waals surface area (Å²) in [6.07, 6.45) is 1.71. The highest BCUT2D eigenvalue weighted by Crippen LogP contribution is 2.18. The Morgan fingerprint density at radius 3 is 3.19 bits per heavy atom. The van der Waals surface area contributed by atoms with E-state index >= 15 is 0 Å². The number of carboxylic acids is 1. The summed E-state index contributed by atoms with van der Waals surface area (Å²) in [7, 11) is 0. The van der Waals surface area contributed by atoms with Gasteiger partial charge in [-0.25, -0.2) is 0 Å². The van der Waals surface area contributed by atoms with Crippen molar-refractivity contribution in [1.29, 1.82) is 0 Å². The molecule has 1 fully saturated rings. The fraction of sp³-hybridized carbons (Fsp3) is 0.636. The van der Waals surface area contributed by atoms with Gasteiger partial charge >= 0.3 is 5.97 Å². The fourth-order valence-corrected chi connectivity index (χ4v) is 2.11. The van der Waals surface area contributed by atoms with Crippen LogP contribution in [0.5, 0.6) is 0 Å². The zero-order valence-electron chi connectivity index (χ0n) is 9.35. The minimum absolute atomic E-state index is 0.238. The molecule has 0 aromatic carbocycles. The normalized spacial score (nSPS) is 22.2. The van der Waals surface area contributed by atoms with E-state index in [1.807, 2.05) is 13.0 Å². The van der Waals surface area contributed by atoms with E-state index < -0.39 is 5.97 Å². The predicted molar refractivity (Wildman–Crippen MR) is 56.9 cm³/mol. The Morgan fingerprint density at radius 1 is 1.75 bits per heavy atom. The summed E-state index contributed by atoms with van der Waals surface area (Å²) in [4.78, 5) is 13.0. The Balaban J connectivity index is 1.92. The first-order valence-corrected chi connectivity index (χ1v) is 5.52. The van der Waals surface area contributed by atoms with E-state index in [1.54, 1.807) is 0 Å². The number of hydrogen-bond acceptors (Lipinski definition) is 4. The Hall–Kier alpha value is -1.36. The van der Waals surface area contributed by atoms with Crippen LogP contribution in [0.25, 0.3) is 0 Å². The molecule has 1 aliphatic rings. The van der Waals surface area contributed by atoms with Gasteiger partial charge in [-0.3, -0.25) is 9.69 Å². The van der Waals surface area contributed by atoms with Gasteiger partial charge in [0.05, 0.1) is 18.2 Å². The molecule has 5 heteroatoms. The van der Waals surface area contributed by atoms with Gasteiger partial charge in [-0.2, -0.15) is 0 Å². The standard InChI is InChI=1S/C11H16N2O3/c1-8-5-10(16-12-8)7-13-4-2-3-9(6-13)11(14)15/h5,9H,2-4,6-7H2,1H3,(H,14,15). The van der Waals surface area contributed by atoms with Crippen LogP contribution in [0, 0.1) is 12.8 Å². The molecule has 2 heterocycles. The SMILES string of the molecule is Cc1cc(CN2CCCC(C(=O)O)C2)on1. The molecule has 1 aromatic heterocycles. The second-order valence-corrected chi connectivity index (χ2v) is 4.35. The highest BCUT2D eigenvalue weighted by atomic mass is 16.5. The monoisotopic (exact) mass is 224 g/mol. The maximum atomic E-state index is 10.9. The van der Waals surface area contributed by atoms with Crippen LogP contribution in [0.2, 0.25) is 0 Å². The maximum Gasteiger partial charge on any atom is 0.307 e. The third kappa shape index (κ3) is 2.61. The van der Waals surface area contributed by atoms with Crippen molar-refractivity contribution >= 4 is 5.97 Å². The predicted octanol–water partition coefficient (Wildman–Crippen LogP) is 1.28. The molecule has 0 aliphatic carbocycles. The molecule has 5 nitrogen and oxygen atoms in total. The average Bonchev–Trinajstić information content (AvgIpc) is 2.64. The van der Waals surface area contributed by atoms with Gasteiger partial charge in [-0.1, -0.05) is 5.16 Å². The van der Waals surface area contributed by atoms with Gasteiger partial charge in [0.25, 0.3) is 0 Å². The van der Waals surface area contributed by atoms with Crippen LogP contribution >= 0.6 is 0 Å². The van der Waals surface area contributed by atoms with E-state index in [0.29, 0.717) is 13.1 Å². The number of aromatic nitrogens is 1. The first-order valence-electron chi connectivity index (χ1n) is 5.52. The van der Waals surface area contributed by atoms with Crippen LogP contribution in [-0.2, 0) is 11.3 Å². The van der Waals surface area contributed by atoms with Gasteiger partial charge in [0.2, 0.25) is 0 Å². The number of piperidine rings is 1. The molecule has 2 rings (SSSR count). The Labute approximate surface area is 94.0 Å². The molecule has 1 saturated heterocycles. The van der Waals surface area contributed by atoms with Gasteiger partial charge in [0.1, 0.15) is 0 Å². The number of nitrogens with zero attached hydrogens (tertiary/aromatic N) is 2. The molecular weight excluding hydrogens is 208 g/mol. The Kier molecular flexibility index (Phi) is 3.24. The van der Waals surface area contributed by atoms with Gasteiger partial charge in [-0.15, -0.1) is 0 Å². The van der Waals surface area contributed by atoms with Crippen molar-refractivity contribution in [2.45, 2.75) is 26.3 Å². The summed E-state index contributed by atoms with van der Waals surface area (Å²) in [6, 6.07) is 1.89. The molecule has 88 valence electrons. The lowest BCUT2D eigenvalue weighted by molar-refractivity contribution is -0.143. The van der Waals surface area contributed by atoms with Crippen molar-refractivity contribution < 1.29 is 14.4 Å². The van der Waals surface area contributed by atoms with Crippen molar-refractivity contribution in [3.05, 3.63) is 17.5 Å². The van der Waals surface area contributed by atoms with Crippen molar-refractivity contribution in [3.63, 3.8) is 0 Å². The highest BCUT2D eigenvalue weighted by Gasteiger charge is 2.25. The molecule has 0 radical (unpaired) electrons. The number of carbonyl (C=O) groups is 1. The fourth-order valence-electron chi connectivity index (χ4n) is 2.11. The number of aliphatic carboxylic acids is 1. The van der Waals surface area contributed by atoms with Crippen LogP contribution in [0.4, 0.5) is 0 Å². The number of rotatable bonds is 3. The first-order chi connectivity index (χ1) is 7.65. The van der Waals surface area contributed by atoms with Gasteiger partial charge in [0, 0.05) is 12.6 Å². The van der Waals surface area contributed by atoms with Gasteiger partial charge in [0.15, 0.2) is 5.76 Å². The summed E-state index contributed by atoms with van der Waals surface area (Å²) in [5.74, 6) is -0.125. The third-order valence-electron chi connectivity index (χ3n) is 2.91. The molecule has 0 spiro atoms. The molecule has 16 heavy (non-hydrogen) atoms. The average molecular weight is 224 g/mol. The van der Waals surface area contributed by atoms with E-state index in [-0.39, 0.29) is 5.92 Å². The quantitative estimate of drug-likeness (QED) is 0.837. The molecule has 1 unspecified atom stereocenters. The summed E-state index contributed by atoms with van der Waals surface area (Å²) < 4.78 is 5.12. The zero-order valence-corrected chi connectivity index (χ0v) is 9.35. The van der Waals surface area contributed by atoms with Crippen LogP contribution in [0.3, 0.4) is 0 Å². The topological polar surface area (TPSA) is 66.6 Å². The minimum atomic E-state index is -0.696. The highest BCUT2D eigenvalue weighted by molar-refractivity contribution is 5.70. The van der Waals surface area contributed by atoms with Crippen LogP contribution in [-0.4, -0.2) is 34.2 Å². The lowest BCUT2D eigenvalue weighted by atomic mass is 9.98. The van der Waals surface area contributed by atoms with Crippen molar-refractivity contribution in [1.82, 2.24) is 10.1 Å². The lowest BCUT2D eigenvalue weighted by Crippen LogP contribution is -2.38. The van der Waals surface area contributed by atoms with Crippen molar-refractivity contribution in [3.8, 4) is 0 Å². The van der Waals surface area contributed by atoms with Gasteiger partial charge < -0.3 is 9.63 Å². The molecular formula is C11H16N2O3. The second kappa shape index (κ2) is 4.65. The third-order valence-corrected chi connectivity index (χ3v) is 2.91. The minimum Gasteiger partial charge on any atom is -0.481 e. The summed E-state index contributed by atoms with van der Waals surface area (Å²) in [6.45, 7) is 4.08. The number of aryl methyl sites for hydroxylation is 1. The summed E-state index contributed by atoms with van der Waals surface area (Å²) in [5.41, 5.74) is 0.863. The molecule has 1 atom stereocenters. The smallest absolute Gasteiger partial charge is 0.307 e. The van der Waals surface area contributed by atoms with Crippen molar-refractivity contribution in [2.75, 3.05) is 13.1 Å². The molecule has 0 amide bonds. The van der Waals surface area contributed by atoms with Crippen LogP contribution in [0.15, 0.2) is 10.6 Å². The van der Waals surface area contributed by atoms with E-state index in [4.69, 9.17) is 9.63 Å². The number of hydrogen-bond donors (Lipinski definition) is 1. The lowest BCUT2D eigenvalue weighted by Gasteiger charge is -2.29. The van der Waals surface area contributed by atoms with Crippen LogP contribution in [0.1, 0.15) is 24.3 Å². The number of likely N-dealkylation sites (tertiary alicyclic amines) is 1. The molecule has 0 bridgehead atoms. The second-order valence-electron chi connectivity index (χ2n) is 4.35. The van der Waals surface area contributed by atoms with E-state index in [1.165, 1.54) is 0 Å². The van der Waals surface area contributed by atoms with E-state index in [2.05, 4.69) is 10.1 Å². The largest absolute Gasteiger partial charge is 0.481 e. The zero-order chi connectivity index (χ0) is 11.5. The summed E-state index contributed by atoms with van der Waals surface area (Å²) >= 11 is 0. The summed E-state index contributed by atoms with van der Waals surface area (Å²) in [5, 5.41) is 12.8. The molecule has 1 N–H and O–H groups in total. The van der Waals surface area contributed by atoms with E-state index in [0.717, 1.165) is 30.8 Å². The molecule has 0 saturated carbocycles. The maximum absolute atomic E-state index is 10.9. The van der Waals surface area contributed by atoms with Crippen molar-refractivity contribution in [2.24, 2.45) is 5.92 Å². The Bertz CT molecular complexity index is 375.